The molecule has 26 heavy (non-hydrogen) atoms. The van der Waals surface area contributed by atoms with E-state index in [0.717, 1.165) is 0 Å². The van der Waals surface area contributed by atoms with E-state index < -0.39 is 18.0 Å². The first kappa shape index (κ1) is 18.4. The molecule has 0 aliphatic carbocycles. The number of benzene rings is 1. The van der Waals surface area contributed by atoms with Gasteiger partial charge in [-0.2, -0.15) is 18.3 Å². The van der Waals surface area contributed by atoms with E-state index in [2.05, 4.69) is 5.10 Å². The second kappa shape index (κ2) is 7.09. The van der Waals surface area contributed by atoms with Crippen molar-refractivity contribution in [2.45, 2.75) is 32.4 Å². The molecule has 0 saturated carbocycles. The fraction of sp³-hybridized carbons (Fsp3) is 0.444. The van der Waals surface area contributed by atoms with Crippen molar-refractivity contribution in [1.29, 1.82) is 0 Å². The van der Waals surface area contributed by atoms with Gasteiger partial charge in [0.25, 0.3) is 5.91 Å². The number of hydrogen-bond acceptors (Lipinski definition) is 2. The van der Waals surface area contributed by atoms with Crippen LogP contribution in [0.3, 0.4) is 0 Å². The average molecular weight is 369 g/mol. The second-order valence-corrected chi connectivity index (χ2v) is 6.38. The summed E-state index contributed by atoms with van der Waals surface area (Å²) in [6.07, 6.45) is -2.09. The molecular formula is C18H19F4N3O. The molecule has 2 aromatic rings. The molecule has 1 fully saturated rings. The van der Waals surface area contributed by atoms with E-state index in [1.54, 1.807) is 0 Å². The van der Waals surface area contributed by atoms with Gasteiger partial charge in [0.1, 0.15) is 5.82 Å². The minimum absolute atomic E-state index is 0.0444. The lowest BCUT2D eigenvalue weighted by Gasteiger charge is -2.33. The molecule has 8 heteroatoms. The first-order valence-corrected chi connectivity index (χ1v) is 8.50. The number of piperidine rings is 1. The maximum absolute atomic E-state index is 13.1. The molecule has 1 saturated heterocycles. The van der Waals surface area contributed by atoms with Crippen LogP contribution in [-0.4, -0.2) is 39.9 Å². The number of hydrogen-bond donors (Lipinski definition) is 0. The van der Waals surface area contributed by atoms with Gasteiger partial charge in [0.2, 0.25) is 0 Å². The molecule has 0 spiro atoms. The van der Waals surface area contributed by atoms with Crippen LogP contribution in [0.15, 0.2) is 30.5 Å². The normalized spacial score (nSPS) is 18.2. The Morgan fingerprint density at radius 3 is 2.58 bits per heavy atom. The lowest BCUT2D eigenvalue weighted by atomic mass is 9.97. The van der Waals surface area contributed by atoms with Gasteiger partial charge in [-0.05, 0) is 43.5 Å². The number of nitrogens with zero attached hydrogens (tertiary/aromatic N) is 3. The van der Waals surface area contributed by atoms with Crippen LogP contribution >= 0.6 is 0 Å². The fourth-order valence-electron chi connectivity index (χ4n) is 3.30. The van der Waals surface area contributed by atoms with Crippen LogP contribution in [0.2, 0.25) is 0 Å². The van der Waals surface area contributed by atoms with Gasteiger partial charge in [-0.15, -0.1) is 0 Å². The summed E-state index contributed by atoms with van der Waals surface area (Å²) in [5, 5.41) is 4.20. The Bertz CT molecular complexity index is 783. The van der Waals surface area contributed by atoms with Crippen molar-refractivity contribution in [3.8, 4) is 5.69 Å². The summed E-state index contributed by atoms with van der Waals surface area (Å²) in [5.74, 6) is -2.32. The second-order valence-electron chi connectivity index (χ2n) is 6.38. The lowest BCUT2D eigenvalue weighted by Crippen LogP contribution is -2.44. The SMILES string of the molecule is CCc1c(C(=O)N2CCCC(C(F)(F)F)C2)cnn1-c1ccc(F)cc1. The van der Waals surface area contributed by atoms with Crippen molar-refractivity contribution in [1.82, 2.24) is 14.7 Å². The summed E-state index contributed by atoms with van der Waals surface area (Å²) in [4.78, 5) is 14.1. The highest BCUT2D eigenvalue weighted by Crippen LogP contribution is 2.33. The predicted molar refractivity (Wildman–Crippen MR) is 87.6 cm³/mol. The van der Waals surface area contributed by atoms with Gasteiger partial charge in [-0.1, -0.05) is 6.92 Å². The minimum atomic E-state index is -4.30. The van der Waals surface area contributed by atoms with Crippen molar-refractivity contribution in [2.75, 3.05) is 13.1 Å². The third-order valence-electron chi connectivity index (χ3n) is 4.68. The van der Waals surface area contributed by atoms with Crippen molar-refractivity contribution in [3.05, 3.63) is 47.5 Å². The first-order valence-electron chi connectivity index (χ1n) is 8.50. The smallest absolute Gasteiger partial charge is 0.338 e. The van der Waals surface area contributed by atoms with Crippen molar-refractivity contribution in [2.24, 2.45) is 5.92 Å². The summed E-state index contributed by atoms with van der Waals surface area (Å²) in [6.45, 7) is 1.81. The monoisotopic (exact) mass is 369 g/mol. The van der Waals surface area contributed by atoms with Gasteiger partial charge in [0.15, 0.2) is 0 Å². The van der Waals surface area contributed by atoms with Gasteiger partial charge in [0.05, 0.1) is 29.1 Å². The first-order chi connectivity index (χ1) is 12.3. The number of carbonyl (C=O) groups is 1. The van der Waals surface area contributed by atoms with Crippen LogP contribution in [0.4, 0.5) is 17.6 Å². The molecule has 0 bridgehead atoms. The van der Waals surface area contributed by atoms with Gasteiger partial charge in [0, 0.05) is 13.1 Å². The van der Waals surface area contributed by atoms with Gasteiger partial charge in [-0.25, -0.2) is 9.07 Å². The largest absolute Gasteiger partial charge is 0.393 e. The lowest BCUT2D eigenvalue weighted by molar-refractivity contribution is -0.184. The third kappa shape index (κ3) is 3.59. The summed E-state index contributed by atoms with van der Waals surface area (Å²) in [5.41, 5.74) is 1.48. The number of rotatable bonds is 3. The highest BCUT2D eigenvalue weighted by atomic mass is 19.4. The van der Waals surface area contributed by atoms with Crippen LogP contribution in [0, 0.1) is 11.7 Å². The number of carbonyl (C=O) groups excluding carboxylic acids is 1. The van der Waals surface area contributed by atoms with Gasteiger partial charge < -0.3 is 4.90 Å². The van der Waals surface area contributed by atoms with Crippen LogP contribution in [0.25, 0.3) is 5.69 Å². The van der Waals surface area contributed by atoms with E-state index in [4.69, 9.17) is 0 Å². The van der Waals surface area contributed by atoms with Crippen molar-refractivity contribution < 1.29 is 22.4 Å². The molecule has 1 aliphatic rings. The van der Waals surface area contributed by atoms with Crippen molar-refractivity contribution in [3.63, 3.8) is 0 Å². The summed E-state index contributed by atoms with van der Waals surface area (Å²) >= 11 is 0. The number of alkyl halides is 3. The predicted octanol–water partition coefficient (Wildman–Crippen LogP) is 3.99. The fourth-order valence-corrected chi connectivity index (χ4v) is 3.30. The Hall–Kier alpha value is -2.38. The molecule has 1 aromatic carbocycles. The van der Waals surface area contributed by atoms with Gasteiger partial charge >= 0.3 is 6.18 Å². The number of likely N-dealkylation sites (tertiary alicyclic amines) is 1. The highest BCUT2D eigenvalue weighted by molar-refractivity contribution is 5.95. The topological polar surface area (TPSA) is 38.1 Å². The van der Waals surface area contributed by atoms with E-state index in [1.807, 2.05) is 6.92 Å². The molecular weight excluding hydrogens is 350 g/mol. The Kier molecular flexibility index (Phi) is 5.02. The molecule has 1 unspecified atom stereocenters. The van der Waals surface area contributed by atoms with Crippen molar-refractivity contribution >= 4 is 5.91 Å². The summed E-state index contributed by atoms with van der Waals surface area (Å²) in [6, 6.07) is 5.65. The Balaban J connectivity index is 1.87. The van der Waals surface area contributed by atoms with Gasteiger partial charge in [-0.3, -0.25) is 4.79 Å². The quantitative estimate of drug-likeness (QED) is 0.768. The maximum atomic E-state index is 13.1. The van der Waals surface area contributed by atoms with E-state index in [0.29, 0.717) is 36.3 Å². The van der Waals surface area contributed by atoms with Crippen LogP contribution in [0.1, 0.15) is 35.8 Å². The minimum Gasteiger partial charge on any atom is -0.338 e. The summed E-state index contributed by atoms with van der Waals surface area (Å²) < 4.78 is 53.6. The number of halogens is 4. The molecule has 2 heterocycles. The third-order valence-corrected chi connectivity index (χ3v) is 4.68. The molecule has 1 atom stereocenters. The Labute approximate surface area is 148 Å². The van der Waals surface area contributed by atoms with E-state index in [1.165, 1.54) is 40.0 Å². The van der Waals surface area contributed by atoms with Crippen LogP contribution < -0.4 is 0 Å². The Morgan fingerprint density at radius 2 is 1.96 bits per heavy atom. The molecule has 1 aliphatic heterocycles. The zero-order valence-electron chi connectivity index (χ0n) is 14.3. The number of aromatic nitrogens is 2. The molecule has 0 radical (unpaired) electrons. The molecule has 1 amide bonds. The highest BCUT2D eigenvalue weighted by Gasteiger charge is 2.43. The molecule has 140 valence electrons. The van der Waals surface area contributed by atoms with E-state index in [-0.39, 0.29) is 18.8 Å². The van der Waals surface area contributed by atoms with Crippen LogP contribution in [0.5, 0.6) is 0 Å². The maximum Gasteiger partial charge on any atom is 0.393 e. The summed E-state index contributed by atoms with van der Waals surface area (Å²) in [7, 11) is 0. The van der Waals surface area contributed by atoms with E-state index >= 15 is 0 Å². The standard InChI is InChI=1S/C18H19F4N3O/c1-2-16-15(10-23-25(16)14-7-5-13(19)6-8-14)17(26)24-9-3-4-12(11-24)18(20,21)22/h5-8,10,12H,2-4,9,11H2,1H3. The van der Waals surface area contributed by atoms with Crippen LogP contribution in [-0.2, 0) is 6.42 Å². The van der Waals surface area contributed by atoms with E-state index in [9.17, 15) is 22.4 Å². The average Bonchev–Trinajstić information content (AvgIpc) is 3.05. The zero-order chi connectivity index (χ0) is 18.9. The molecule has 0 N–H and O–H groups in total. The molecule has 4 nitrogen and oxygen atoms in total. The molecule has 3 rings (SSSR count). The zero-order valence-corrected chi connectivity index (χ0v) is 14.3. The molecule has 1 aromatic heterocycles. The number of amides is 1. The Morgan fingerprint density at radius 1 is 1.27 bits per heavy atom.